The number of morpholine rings is 1. The highest BCUT2D eigenvalue weighted by atomic mass is 16.5. The molecule has 0 radical (unpaired) electrons. The Kier molecular flexibility index (Phi) is 6.69. The molecule has 21 heavy (non-hydrogen) atoms. The number of ether oxygens (including phenoxy) is 1. The Bertz CT molecular complexity index is 421. The number of anilines is 2. The lowest BCUT2D eigenvalue weighted by Gasteiger charge is -2.26. The number of aryl methyl sites for hydroxylation is 1. The zero-order chi connectivity index (χ0) is 14.9. The lowest BCUT2D eigenvalue weighted by Crippen LogP contribution is -2.37. The van der Waals surface area contributed by atoms with E-state index in [0.29, 0.717) is 0 Å². The summed E-state index contributed by atoms with van der Waals surface area (Å²) >= 11 is 0. The Morgan fingerprint density at radius 1 is 1.14 bits per heavy atom. The van der Waals surface area contributed by atoms with Crippen molar-refractivity contribution in [2.75, 3.05) is 56.6 Å². The molecule has 0 spiro atoms. The number of nitrogens with one attached hydrogen (secondary N) is 2. The Balaban J connectivity index is 1.77. The van der Waals surface area contributed by atoms with Crippen LogP contribution in [0.4, 0.5) is 11.6 Å². The Morgan fingerprint density at radius 3 is 2.52 bits per heavy atom. The number of rotatable bonds is 8. The van der Waals surface area contributed by atoms with Gasteiger partial charge in [0.1, 0.15) is 17.5 Å². The zero-order valence-electron chi connectivity index (χ0n) is 13.2. The molecule has 1 aliphatic heterocycles. The molecule has 118 valence electrons. The van der Waals surface area contributed by atoms with Gasteiger partial charge in [-0.05, 0) is 19.9 Å². The van der Waals surface area contributed by atoms with Gasteiger partial charge >= 0.3 is 0 Å². The molecule has 1 aliphatic rings. The van der Waals surface area contributed by atoms with Crippen molar-refractivity contribution in [3.8, 4) is 0 Å². The number of nitrogens with zero attached hydrogens (tertiary/aromatic N) is 3. The first kappa shape index (κ1) is 16.0. The van der Waals surface area contributed by atoms with Gasteiger partial charge in [-0.1, -0.05) is 6.92 Å². The molecule has 0 atom stereocenters. The molecule has 2 rings (SSSR count). The highest BCUT2D eigenvalue weighted by Gasteiger charge is 2.09. The van der Waals surface area contributed by atoms with Crippen molar-refractivity contribution in [2.45, 2.75) is 26.7 Å². The fourth-order valence-electron chi connectivity index (χ4n) is 2.36. The average Bonchev–Trinajstić information content (AvgIpc) is 2.53. The molecule has 6 nitrogen and oxygen atoms in total. The molecule has 0 unspecified atom stereocenters. The van der Waals surface area contributed by atoms with Crippen molar-refractivity contribution < 1.29 is 4.74 Å². The SMILES string of the molecule is CCNc1cc(NCCCN2CCOCC2)nc(CC)n1. The average molecular weight is 293 g/mol. The minimum Gasteiger partial charge on any atom is -0.379 e. The van der Waals surface area contributed by atoms with Crippen LogP contribution in [0.5, 0.6) is 0 Å². The third-order valence-corrected chi connectivity index (χ3v) is 3.51. The molecular formula is C15H27N5O. The molecule has 0 aromatic carbocycles. The Labute approximate surface area is 127 Å². The molecule has 1 fully saturated rings. The van der Waals surface area contributed by atoms with E-state index in [-0.39, 0.29) is 0 Å². The van der Waals surface area contributed by atoms with Crippen LogP contribution in [0.25, 0.3) is 0 Å². The summed E-state index contributed by atoms with van der Waals surface area (Å²) in [6.07, 6.45) is 1.96. The van der Waals surface area contributed by atoms with Crippen LogP contribution >= 0.6 is 0 Å². The van der Waals surface area contributed by atoms with Gasteiger partial charge in [0.25, 0.3) is 0 Å². The van der Waals surface area contributed by atoms with Crippen LogP contribution in [0.15, 0.2) is 6.07 Å². The van der Waals surface area contributed by atoms with E-state index in [1.54, 1.807) is 0 Å². The van der Waals surface area contributed by atoms with Gasteiger partial charge in [0.2, 0.25) is 0 Å². The third kappa shape index (κ3) is 5.47. The van der Waals surface area contributed by atoms with E-state index in [1.165, 1.54) is 0 Å². The van der Waals surface area contributed by atoms with Crippen molar-refractivity contribution in [1.29, 1.82) is 0 Å². The Hall–Kier alpha value is -1.40. The summed E-state index contributed by atoms with van der Waals surface area (Å²) in [6.45, 7) is 10.9. The molecule has 1 aromatic heterocycles. The van der Waals surface area contributed by atoms with Crippen molar-refractivity contribution in [3.05, 3.63) is 11.9 Å². The fourth-order valence-corrected chi connectivity index (χ4v) is 2.36. The molecule has 0 bridgehead atoms. The van der Waals surface area contributed by atoms with Gasteiger partial charge in [0.15, 0.2) is 0 Å². The summed E-state index contributed by atoms with van der Waals surface area (Å²) in [5, 5.41) is 6.66. The number of aromatic nitrogens is 2. The lowest BCUT2D eigenvalue weighted by atomic mass is 10.3. The van der Waals surface area contributed by atoms with E-state index in [9.17, 15) is 0 Å². The lowest BCUT2D eigenvalue weighted by molar-refractivity contribution is 0.0378. The largest absolute Gasteiger partial charge is 0.379 e. The van der Waals surface area contributed by atoms with Gasteiger partial charge in [0, 0.05) is 38.7 Å². The molecule has 0 saturated carbocycles. The first-order chi connectivity index (χ1) is 10.3. The van der Waals surface area contributed by atoms with Crippen LogP contribution in [0, 0.1) is 0 Å². The van der Waals surface area contributed by atoms with E-state index in [4.69, 9.17) is 4.74 Å². The summed E-state index contributed by atoms with van der Waals surface area (Å²) in [6, 6.07) is 1.98. The minimum absolute atomic E-state index is 0.849. The van der Waals surface area contributed by atoms with Crippen molar-refractivity contribution in [1.82, 2.24) is 14.9 Å². The smallest absolute Gasteiger partial charge is 0.132 e. The third-order valence-electron chi connectivity index (χ3n) is 3.51. The minimum atomic E-state index is 0.849. The second-order valence-corrected chi connectivity index (χ2v) is 5.17. The highest BCUT2D eigenvalue weighted by Crippen LogP contribution is 2.11. The maximum Gasteiger partial charge on any atom is 0.132 e. The first-order valence-corrected chi connectivity index (χ1v) is 7.97. The van der Waals surface area contributed by atoms with Crippen molar-refractivity contribution in [3.63, 3.8) is 0 Å². The first-order valence-electron chi connectivity index (χ1n) is 7.97. The van der Waals surface area contributed by atoms with Gasteiger partial charge in [-0.15, -0.1) is 0 Å². The van der Waals surface area contributed by atoms with Crippen molar-refractivity contribution in [2.24, 2.45) is 0 Å². The second-order valence-electron chi connectivity index (χ2n) is 5.17. The topological polar surface area (TPSA) is 62.3 Å². The van der Waals surface area contributed by atoms with E-state index >= 15 is 0 Å². The van der Waals surface area contributed by atoms with Crippen LogP contribution in [-0.4, -0.2) is 60.8 Å². The summed E-state index contributed by atoms with van der Waals surface area (Å²) in [4.78, 5) is 11.4. The second kappa shape index (κ2) is 8.79. The van der Waals surface area contributed by atoms with Gasteiger partial charge in [-0.2, -0.15) is 0 Å². The predicted molar refractivity (Wildman–Crippen MR) is 85.9 cm³/mol. The molecule has 1 aromatic rings. The molecule has 1 saturated heterocycles. The van der Waals surface area contributed by atoms with Gasteiger partial charge in [0.05, 0.1) is 13.2 Å². The van der Waals surface area contributed by atoms with Gasteiger partial charge in [-0.3, -0.25) is 4.90 Å². The maximum absolute atomic E-state index is 5.36. The molecule has 0 amide bonds. The normalized spacial score (nSPS) is 15.9. The van der Waals surface area contributed by atoms with Crippen LogP contribution < -0.4 is 10.6 Å². The molecular weight excluding hydrogens is 266 g/mol. The number of hydrogen-bond donors (Lipinski definition) is 2. The molecule has 6 heteroatoms. The molecule has 0 aliphatic carbocycles. The van der Waals surface area contributed by atoms with E-state index in [1.807, 2.05) is 6.07 Å². The van der Waals surface area contributed by atoms with Crippen molar-refractivity contribution >= 4 is 11.6 Å². The van der Waals surface area contributed by atoms with Gasteiger partial charge < -0.3 is 15.4 Å². The summed E-state index contributed by atoms with van der Waals surface area (Å²) < 4.78 is 5.36. The quantitative estimate of drug-likeness (QED) is 0.710. The van der Waals surface area contributed by atoms with Crippen LogP contribution in [0.2, 0.25) is 0 Å². The van der Waals surface area contributed by atoms with Crippen LogP contribution in [0.3, 0.4) is 0 Å². The predicted octanol–water partition coefficient (Wildman–Crippen LogP) is 1.60. The number of hydrogen-bond acceptors (Lipinski definition) is 6. The highest BCUT2D eigenvalue weighted by molar-refractivity contribution is 5.47. The van der Waals surface area contributed by atoms with Crippen LogP contribution in [0.1, 0.15) is 26.1 Å². The summed E-state index contributed by atoms with van der Waals surface area (Å²) in [5.41, 5.74) is 0. The van der Waals surface area contributed by atoms with E-state index in [2.05, 4.69) is 39.3 Å². The molecule has 2 heterocycles. The van der Waals surface area contributed by atoms with E-state index in [0.717, 1.165) is 76.2 Å². The fraction of sp³-hybridized carbons (Fsp3) is 0.733. The van der Waals surface area contributed by atoms with Gasteiger partial charge in [-0.25, -0.2) is 9.97 Å². The Morgan fingerprint density at radius 2 is 1.86 bits per heavy atom. The maximum atomic E-state index is 5.36. The summed E-state index contributed by atoms with van der Waals surface area (Å²) in [7, 11) is 0. The summed E-state index contributed by atoms with van der Waals surface area (Å²) in [5.74, 6) is 2.70. The molecule has 2 N–H and O–H groups in total. The standard InChI is InChI=1S/C15H27N5O/c1-3-13-18-14(16-4-2)12-15(19-13)17-6-5-7-20-8-10-21-11-9-20/h12H,3-11H2,1-2H3,(H2,16,17,18,19). The zero-order valence-corrected chi connectivity index (χ0v) is 13.2. The van der Waals surface area contributed by atoms with Crippen LogP contribution in [-0.2, 0) is 11.2 Å². The monoisotopic (exact) mass is 293 g/mol. The van der Waals surface area contributed by atoms with E-state index < -0.39 is 0 Å².